The van der Waals surface area contributed by atoms with Gasteiger partial charge in [-0.15, -0.1) is 0 Å². The van der Waals surface area contributed by atoms with Gasteiger partial charge in [-0.2, -0.15) is 0 Å². The lowest BCUT2D eigenvalue weighted by atomic mass is 9.55. The number of esters is 1. The summed E-state index contributed by atoms with van der Waals surface area (Å²) in [5.41, 5.74) is 2.66. The lowest BCUT2D eigenvalue weighted by Gasteiger charge is -2.50. The number of hydrogen-bond acceptors (Lipinski definition) is 6. The molecule has 1 N–H and O–H groups in total. The maximum atomic E-state index is 13.0. The number of aliphatic hydroxyl groups excluding tert-OH is 1. The molecule has 2 aliphatic carbocycles. The maximum Gasteiger partial charge on any atom is 0.310 e. The zero-order valence-corrected chi connectivity index (χ0v) is 20.3. The van der Waals surface area contributed by atoms with Gasteiger partial charge in [0.25, 0.3) is 0 Å². The Bertz CT molecular complexity index is 870. The molecule has 1 unspecified atom stereocenters. The van der Waals surface area contributed by atoms with Gasteiger partial charge in [-0.3, -0.25) is 9.69 Å². The van der Waals surface area contributed by atoms with Crippen LogP contribution in [0.5, 0.6) is 11.5 Å². The molecule has 6 heteroatoms. The number of ether oxygens (including phenoxy) is 3. The molecule has 3 aliphatic rings. The van der Waals surface area contributed by atoms with E-state index in [0.29, 0.717) is 36.9 Å². The minimum absolute atomic E-state index is 0.0235. The van der Waals surface area contributed by atoms with Crippen molar-refractivity contribution in [2.75, 3.05) is 33.9 Å². The molecule has 182 valence electrons. The third kappa shape index (κ3) is 4.92. The van der Waals surface area contributed by atoms with Gasteiger partial charge < -0.3 is 19.3 Å². The highest BCUT2D eigenvalue weighted by Gasteiger charge is 2.55. The summed E-state index contributed by atoms with van der Waals surface area (Å²) in [6, 6.07) is 5.93. The number of methoxy groups -OCH3 is 2. The van der Waals surface area contributed by atoms with Crippen LogP contribution in [0.25, 0.3) is 0 Å². The van der Waals surface area contributed by atoms with Crippen LogP contribution in [0.1, 0.15) is 51.0 Å². The standard InChI is InChI=1S/C27H39NO5/c1-18-7-5-10-27(2)15-25-20(14-22(18)27)21(26(30)33-25)17-28(11-6-12-29)16-19-8-9-23(31-3)24(13-19)32-4/h8-9,13,20-22,25,29H,1,5-7,10-12,14-17H2,2-4H3/t20-,21?,22+,25-,27-/m1/s1. The highest BCUT2D eigenvalue weighted by Crippen LogP contribution is 2.57. The summed E-state index contributed by atoms with van der Waals surface area (Å²) in [6.07, 6.45) is 6.15. The van der Waals surface area contributed by atoms with Crippen LogP contribution in [-0.4, -0.2) is 56.0 Å². The molecule has 1 heterocycles. The molecule has 6 nitrogen and oxygen atoms in total. The van der Waals surface area contributed by atoms with E-state index in [1.165, 1.54) is 18.4 Å². The zero-order valence-electron chi connectivity index (χ0n) is 20.3. The van der Waals surface area contributed by atoms with Crippen LogP contribution in [-0.2, 0) is 16.1 Å². The first-order valence-electron chi connectivity index (χ1n) is 12.3. The first-order valence-corrected chi connectivity index (χ1v) is 12.3. The predicted octanol–water partition coefficient (Wildman–Crippen LogP) is 4.20. The lowest BCUT2D eigenvalue weighted by molar-refractivity contribution is -0.146. The van der Waals surface area contributed by atoms with Crippen LogP contribution in [0.2, 0.25) is 0 Å². The summed E-state index contributed by atoms with van der Waals surface area (Å²) >= 11 is 0. The van der Waals surface area contributed by atoms with Crippen molar-refractivity contribution in [3.63, 3.8) is 0 Å². The van der Waals surface area contributed by atoms with Crippen molar-refractivity contribution in [2.24, 2.45) is 23.2 Å². The monoisotopic (exact) mass is 457 g/mol. The molecular formula is C27H39NO5. The smallest absolute Gasteiger partial charge is 0.310 e. The second kappa shape index (κ2) is 10.1. The van der Waals surface area contributed by atoms with Crippen LogP contribution in [0.4, 0.5) is 0 Å². The number of fused-ring (bicyclic) bond motifs is 2. The number of nitrogens with zero attached hydrogens (tertiary/aromatic N) is 1. The average Bonchev–Trinajstić information content (AvgIpc) is 3.09. The normalized spacial score (nSPS) is 31.2. The van der Waals surface area contributed by atoms with Gasteiger partial charge in [-0.25, -0.2) is 0 Å². The largest absolute Gasteiger partial charge is 0.493 e. The number of hydrogen-bond donors (Lipinski definition) is 1. The van der Waals surface area contributed by atoms with E-state index >= 15 is 0 Å². The van der Waals surface area contributed by atoms with Crippen molar-refractivity contribution in [3.8, 4) is 11.5 Å². The fourth-order valence-electron chi connectivity index (χ4n) is 6.51. The van der Waals surface area contributed by atoms with Crippen LogP contribution in [0.15, 0.2) is 30.4 Å². The molecular weight excluding hydrogens is 418 g/mol. The number of benzene rings is 1. The van der Waals surface area contributed by atoms with Crippen molar-refractivity contribution in [3.05, 3.63) is 35.9 Å². The SMILES string of the molecule is C=C1CCC[C@]2(C)C[C@H]3OC(=O)C(CN(CCCO)Cc4ccc(OC)c(OC)c4)[C@H]3C[C@@H]12. The Kier molecular flexibility index (Phi) is 7.34. The molecule has 2 saturated carbocycles. The predicted molar refractivity (Wildman–Crippen MR) is 127 cm³/mol. The van der Waals surface area contributed by atoms with Crippen molar-refractivity contribution in [2.45, 2.75) is 58.1 Å². The molecule has 0 radical (unpaired) electrons. The van der Waals surface area contributed by atoms with Crippen LogP contribution < -0.4 is 9.47 Å². The molecule has 33 heavy (non-hydrogen) atoms. The zero-order chi connectivity index (χ0) is 23.6. The van der Waals surface area contributed by atoms with Gasteiger partial charge in [0, 0.05) is 32.2 Å². The van der Waals surface area contributed by atoms with Crippen LogP contribution in [0, 0.1) is 23.2 Å². The van der Waals surface area contributed by atoms with Crippen molar-refractivity contribution in [1.29, 1.82) is 0 Å². The quantitative estimate of drug-likeness (QED) is 0.443. The molecule has 1 aromatic carbocycles. The van der Waals surface area contributed by atoms with Crippen LogP contribution in [0.3, 0.4) is 0 Å². The fourth-order valence-corrected chi connectivity index (χ4v) is 6.51. The van der Waals surface area contributed by atoms with E-state index in [0.717, 1.165) is 31.4 Å². The molecule has 5 atom stereocenters. The van der Waals surface area contributed by atoms with Gasteiger partial charge in [-0.1, -0.05) is 25.1 Å². The average molecular weight is 458 g/mol. The molecule has 0 amide bonds. The molecule has 1 aromatic rings. The Morgan fingerprint density at radius 2 is 2.06 bits per heavy atom. The molecule has 0 spiro atoms. The number of carbonyl (C=O) groups is 1. The number of allylic oxidation sites excluding steroid dienone is 1. The van der Waals surface area contributed by atoms with Gasteiger partial charge >= 0.3 is 5.97 Å². The first-order chi connectivity index (χ1) is 15.9. The Labute approximate surface area is 197 Å². The molecule has 1 saturated heterocycles. The Morgan fingerprint density at radius 3 is 2.79 bits per heavy atom. The summed E-state index contributed by atoms with van der Waals surface area (Å²) in [4.78, 5) is 15.3. The summed E-state index contributed by atoms with van der Waals surface area (Å²) in [5, 5.41) is 9.45. The van der Waals surface area contributed by atoms with Gasteiger partial charge in [0.1, 0.15) is 6.10 Å². The second-order valence-electron chi connectivity index (χ2n) is 10.4. The Hall–Kier alpha value is -2.05. The summed E-state index contributed by atoms with van der Waals surface area (Å²) in [7, 11) is 3.26. The van der Waals surface area contributed by atoms with Crippen molar-refractivity contribution < 1.29 is 24.1 Å². The molecule has 4 rings (SSSR count). The lowest BCUT2D eigenvalue weighted by Crippen LogP contribution is -2.45. The Balaban J connectivity index is 1.50. The highest BCUT2D eigenvalue weighted by molar-refractivity contribution is 5.75. The minimum atomic E-state index is -0.131. The molecule has 3 fully saturated rings. The number of aliphatic hydroxyl groups is 1. The summed E-state index contributed by atoms with van der Waals surface area (Å²) < 4.78 is 16.8. The van der Waals surface area contributed by atoms with Gasteiger partial charge in [0.2, 0.25) is 0 Å². The fraction of sp³-hybridized carbons (Fsp3) is 0.667. The first kappa shape index (κ1) is 24.1. The van der Waals surface area contributed by atoms with E-state index < -0.39 is 0 Å². The highest BCUT2D eigenvalue weighted by atomic mass is 16.6. The Morgan fingerprint density at radius 1 is 1.27 bits per heavy atom. The van der Waals surface area contributed by atoms with Gasteiger partial charge in [0.15, 0.2) is 11.5 Å². The minimum Gasteiger partial charge on any atom is -0.493 e. The van der Waals surface area contributed by atoms with E-state index in [-0.39, 0.29) is 35.9 Å². The van der Waals surface area contributed by atoms with Crippen LogP contribution >= 0.6 is 0 Å². The topological polar surface area (TPSA) is 68.2 Å². The third-order valence-electron chi connectivity index (χ3n) is 8.26. The maximum absolute atomic E-state index is 13.0. The van der Waals surface area contributed by atoms with E-state index in [2.05, 4.69) is 18.4 Å². The van der Waals surface area contributed by atoms with E-state index in [1.807, 2.05) is 18.2 Å². The van der Waals surface area contributed by atoms with Crippen molar-refractivity contribution >= 4 is 5.97 Å². The van der Waals surface area contributed by atoms with E-state index in [9.17, 15) is 9.90 Å². The molecule has 0 bridgehead atoms. The van der Waals surface area contributed by atoms with E-state index in [4.69, 9.17) is 14.2 Å². The third-order valence-corrected chi connectivity index (χ3v) is 8.26. The summed E-state index contributed by atoms with van der Waals surface area (Å²) in [5.74, 6) is 1.93. The van der Waals surface area contributed by atoms with Crippen molar-refractivity contribution in [1.82, 2.24) is 4.90 Å². The summed E-state index contributed by atoms with van der Waals surface area (Å²) in [6.45, 7) is 8.94. The van der Waals surface area contributed by atoms with E-state index in [1.54, 1.807) is 14.2 Å². The number of carbonyl (C=O) groups excluding carboxylic acids is 1. The second-order valence-corrected chi connectivity index (χ2v) is 10.4. The van der Waals surface area contributed by atoms with Gasteiger partial charge in [-0.05, 0) is 67.6 Å². The number of rotatable bonds is 9. The van der Waals surface area contributed by atoms with Gasteiger partial charge in [0.05, 0.1) is 20.1 Å². The molecule has 0 aromatic heterocycles. The molecule has 1 aliphatic heterocycles.